The molecule has 1 saturated heterocycles. The minimum absolute atomic E-state index is 0.0218. The lowest BCUT2D eigenvalue weighted by atomic mass is 9.96. The number of hydrogen-bond acceptors (Lipinski definition) is 2. The van der Waals surface area contributed by atoms with Crippen molar-refractivity contribution in [1.29, 1.82) is 0 Å². The summed E-state index contributed by atoms with van der Waals surface area (Å²) in [5, 5.41) is 11.4. The Bertz CT molecular complexity index is 567. The lowest BCUT2D eigenvalue weighted by molar-refractivity contribution is -0.183. The number of carboxylic acid groups (broad SMARTS) is 1. The standard InChI is InChI=1S/C14H15F3N2O3/c15-14(16,17)10-4-6-19(7-5-10)13(22)18-11-3-1-2-9(8-11)12(20)21/h1-3,8,10H,4-7H2,(H,18,22)(H,20,21). The van der Waals surface area contributed by atoms with Crippen molar-refractivity contribution in [3.63, 3.8) is 0 Å². The molecule has 2 N–H and O–H groups in total. The Balaban J connectivity index is 1.94. The summed E-state index contributed by atoms with van der Waals surface area (Å²) in [7, 11) is 0. The molecule has 22 heavy (non-hydrogen) atoms. The van der Waals surface area contributed by atoms with Gasteiger partial charge in [0.25, 0.3) is 0 Å². The third-order valence-corrected chi connectivity index (χ3v) is 3.61. The predicted molar refractivity (Wildman–Crippen MR) is 72.8 cm³/mol. The SMILES string of the molecule is O=C(O)c1cccc(NC(=O)N2CCC(C(F)(F)F)CC2)c1. The summed E-state index contributed by atoms with van der Waals surface area (Å²) in [5.74, 6) is -2.49. The maximum atomic E-state index is 12.6. The molecule has 1 fully saturated rings. The topological polar surface area (TPSA) is 69.6 Å². The number of carbonyl (C=O) groups is 2. The Kier molecular flexibility index (Phi) is 4.58. The zero-order valence-electron chi connectivity index (χ0n) is 11.6. The van der Waals surface area contributed by atoms with Crippen molar-refractivity contribution >= 4 is 17.7 Å². The minimum Gasteiger partial charge on any atom is -0.478 e. The maximum Gasteiger partial charge on any atom is 0.391 e. The number of hydrogen-bond donors (Lipinski definition) is 2. The van der Waals surface area contributed by atoms with E-state index in [9.17, 15) is 22.8 Å². The molecule has 1 aliphatic rings. The Labute approximate surface area is 124 Å². The average molecular weight is 316 g/mol. The van der Waals surface area contributed by atoms with Gasteiger partial charge in [0.15, 0.2) is 0 Å². The molecule has 1 heterocycles. The summed E-state index contributed by atoms with van der Waals surface area (Å²) in [4.78, 5) is 24.1. The fourth-order valence-electron chi connectivity index (χ4n) is 2.34. The van der Waals surface area contributed by atoms with Crippen LogP contribution in [0.1, 0.15) is 23.2 Å². The Morgan fingerprint density at radius 1 is 1.23 bits per heavy atom. The maximum absolute atomic E-state index is 12.6. The van der Waals surface area contributed by atoms with Gasteiger partial charge in [0.1, 0.15) is 0 Å². The van der Waals surface area contributed by atoms with E-state index in [4.69, 9.17) is 5.11 Å². The third kappa shape index (κ3) is 3.90. The number of anilines is 1. The molecule has 0 atom stereocenters. The number of aromatic carboxylic acids is 1. The molecule has 0 bridgehead atoms. The second-order valence-corrected chi connectivity index (χ2v) is 5.12. The molecule has 1 aliphatic heterocycles. The van der Waals surface area contributed by atoms with E-state index in [0.29, 0.717) is 5.69 Å². The van der Waals surface area contributed by atoms with Crippen molar-refractivity contribution in [2.24, 2.45) is 5.92 Å². The normalized spacial score (nSPS) is 16.4. The number of rotatable bonds is 2. The van der Waals surface area contributed by atoms with Crippen LogP contribution in [-0.2, 0) is 0 Å². The Hall–Kier alpha value is -2.25. The van der Waals surface area contributed by atoms with Gasteiger partial charge in [-0.25, -0.2) is 9.59 Å². The van der Waals surface area contributed by atoms with Crippen LogP contribution in [0, 0.1) is 5.92 Å². The lowest BCUT2D eigenvalue weighted by Gasteiger charge is -2.32. The number of alkyl halides is 3. The summed E-state index contributed by atoms with van der Waals surface area (Å²) in [6.07, 6.45) is -4.46. The van der Waals surface area contributed by atoms with Gasteiger partial charge in [-0.15, -0.1) is 0 Å². The number of nitrogens with one attached hydrogen (secondary N) is 1. The van der Waals surface area contributed by atoms with Crippen molar-refractivity contribution in [3.05, 3.63) is 29.8 Å². The van der Waals surface area contributed by atoms with Gasteiger partial charge in [0.05, 0.1) is 11.5 Å². The largest absolute Gasteiger partial charge is 0.478 e. The molecule has 2 amide bonds. The van der Waals surface area contributed by atoms with Gasteiger partial charge >= 0.3 is 18.2 Å². The molecule has 0 unspecified atom stereocenters. The van der Waals surface area contributed by atoms with Gasteiger partial charge in [-0.05, 0) is 31.0 Å². The van der Waals surface area contributed by atoms with Gasteiger partial charge < -0.3 is 15.3 Å². The van der Waals surface area contributed by atoms with Gasteiger partial charge in [-0.3, -0.25) is 0 Å². The van der Waals surface area contributed by atoms with E-state index in [0.717, 1.165) is 0 Å². The van der Waals surface area contributed by atoms with E-state index in [1.165, 1.54) is 29.2 Å². The van der Waals surface area contributed by atoms with Crippen LogP contribution in [0.2, 0.25) is 0 Å². The van der Waals surface area contributed by atoms with Crippen LogP contribution in [0.5, 0.6) is 0 Å². The number of piperidine rings is 1. The summed E-state index contributed by atoms with van der Waals surface area (Å²) in [6.45, 7) is 0.0449. The second-order valence-electron chi connectivity index (χ2n) is 5.12. The molecule has 0 aliphatic carbocycles. The van der Waals surface area contributed by atoms with Crippen molar-refractivity contribution in [2.45, 2.75) is 19.0 Å². The third-order valence-electron chi connectivity index (χ3n) is 3.61. The van der Waals surface area contributed by atoms with E-state index >= 15 is 0 Å². The molecule has 0 saturated carbocycles. The first-order valence-electron chi connectivity index (χ1n) is 6.73. The number of halogens is 3. The van der Waals surface area contributed by atoms with Gasteiger partial charge in [0.2, 0.25) is 0 Å². The summed E-state index contributed by atoms with van der Waals surface area (Å²) in [5.41, 5.74) is 0.316. The van der Waals surface area contributed by atoms with E-state index < -0.39 is 24.1 Å². The second kappa shape index (κ2) is 6.25. The first kappa shape index (κ1) is 16.1. The molecule has 1 aromatic carbocycles. The Morgan fingerprint density at radius 3 is 2.41 bits per heavy atom. The number of carbonyl (C=O) groups excluding carboxylic acids is 1. The van der Waals surface area contributed by atoms with E-state index in [1.807, 2.05) is 0 Å². The zero-order valence-corrected chi connectivity index (χ0v) is 11.6. The fraction of sp³-hybridized carbons (Fsp3) is 0.429. The van der Waals surface area contributed by atoms with E-state index in [-0.39, 0.29) is 31.5 Å². The van der Waals surface area contributed by atoms with Crippen molar-refractivity contribution in [1.82, 2.24) is 4.90 Å². The number of urea groups is 1. The van der Waals surface area contributed by atoms with Gasteiger partial charge in [-0.2, -0.15) is 13.2 Å². The average Bonchev–Trinajstić information content (AvgIpc) is 2.46. The quantitative estimate of drug-likeness (QED) is 0.880. The highest BCUT2D eigenvalue weighted by molar-refractivity contribution is 5.93. The van der Waals surface area contributed by atoms with Crippen LogP contribution in [0.25, 0.3) is 0 Å². The zero-order chi connectivity index (χ0) is 16.3. The van der Waals surface area contributed by atoms with Crippen LogP contribution in [0.4, 0.5) is 23.7 Å². The minimum atomic E-state index is -4.22. The summed E-state index contributed by atoms with van der Waals surface area (Å²) >= 11 is 0. The molecule has 2 rings (SSSR count). The fourth-order valence-corrected chi connectivity index (χ4v) is 2.34. The predicted octanol–water partition coefficient (Wildman–Crippen LogP) is 3.19. The first-order chi connectivity index (χ1) is 10.3. The van der Waals surface area contributed by atoms with Crippen LogP contribution >= 0.6 is 0 Å². The van der Waals surface area contributed by atoms with Crippen molar-refractivity contribution in [3.8, 4) is 0 Å². The molecule has 0 aromatic heterocycles. The van der Waals surface area contributed by atoms with Crippen LogP contribution in [0.15, 0.2) is 24.3 Å². The molecular weight excluding hydrogens is 301 g/mol. The highest BCUT2D eigenvalue weighted by atomic mass is 19.4. The van der Waals surface area contributed by atoms with Crippen LogP contribution in [0.3, 0.4) is 0 Å². The number of nitrogens with zero attached hydrogens (tertiary/aromatic N) is 1. The van der Waals surface area contributed by atoms with E-state index in [2.05, 4.69) is 5.32 Å². The number of likely N-dealkylation sites (tertiary alicyclic amines) is 1. The molecule has 0 radical (unpaired) electrons. The monoisotopic (exact) mass is 316 g/mol. The smallest absolute Gasteiger partial charge is 0.391 e. The first-order valence-corrected chi connectivity index (χ1v) is 6.73. The molecule has 120 valence electrons. The van der Waals surface area contributed by atoms with Gasteiger partial charge in [0, 0.05) is 18.8 Å². The molecule has 8 heteroatoms. The Morgan fingerprint density at radius 2 is 1.86 bits per heavy atom. The highest BCUT2D eigenvalue weighted by Crippen LogP contribution is 2.34. The van der Waals surface area contributed by atoms with Crippen molar-refractivity contribution < 1.29 is 27.9 Å². The summed E-state index contributed by atoms with van der Waals surface area (Å²) < 4.78 is 37.7. The number of amides is 2. The molecular formula is C14H15F3N2O3. The van der Waals surface area contributed by atoms with Crippen LogP contribution < -0.4 is 5.32 Å². The molecule has 5 nitrogen and oxygen atoms in total. The number of benzene rings is 1. The van der Waals surface area contributed by atoms with E-state index in [1.54, 1.807) is 0 Å². The van der Waals surface area contributed by atoms with Crippen LogP contribution in [-0.4, -0.2) is 41.3 Å². The number of carboxylic acids is 1. The highest BCUT2D eigenvalue weighted by Gasteiger charge is 2.41. The van der Waals surface area contributed by atoms with Crippen molar-refractivity contribution in [2.75, 3.05) is 18.4 Å². The molecule has 1 aromatic rings. The van der Waals surface area contributed by atoms with Gasteiger partial charge in [-0.1, -0.05) is 6.07 Å². The molecule has 0 spiro atoms. The lowest BCUT2D eigenvalue weighted by Crippen LogP contribution is -2.43. The summed E-state index contributed by atoms with van der Waals surface area (Å²) in [6, 6.07) is 5.15.